The van der Waals surface area contributed by atoms with E-state index < -0.39 is 5.91 Å². The number of ether oxygens (including phenoxy) is 1. The fourth-order valence-corrected chi connectivity index (χ4v) is 3.66. The molecule has 0 unspecified atom stereocenters. The molecule has 0 saturated carbocycles. The first-order valence-electron chi connectivity index (χ1n) is 8.57. The van der Waals surface area contributed by atoms with E-state index in [9.17, 15) is 9.59 Å². The van der Waals surface area contributed by atoms with Crippen molar-refractivity contribution in [2.45, 2.75) is 13.8 Å². The summed E-state index contributed by atoms with van der Waals surface area (Å²) in [5.74, 6) is -0.0518. The zero-order valence-electron chi connectivity index (χ0n) is 16.0. The van der Waals surface area contributed by atoms with Gasteiger partial charge < -0.3 is 13.9 Å². The first-order chi connectivity index (χ1) is 13.3. The van der Waals surface area contributed by atoms with E-state index in [1.165, 1.54) is 0 Å². The minimum Gasteiger partial charge on any atom is -0.497 e. The molecule has 0 aliphatic rings. The van der Waals surface area contributed by atoms with Gasteiger partial charge in [-0.3, -0.25) is 20.4 Å². The largest absolute Gasteiger partial charge is 0.497 e. The van der Waals surface area contributed by atoms with E-state index in [1.807, 2.05) is 42.7 Å². The van der Waals surface area contributed by atoms with Crippen molar-refractivity contribution in [2.24, 2.45) is 7.05 Å². The molecule has 28 heavy (non-hydrogen) atoms. The van der Waals surface area contributed by atoms with Crippen molar-refractivity contribution in [3.8, 4) is 11.4 Å². The summed E-state index contributed by atoms with van der Waals surface area (Å²) in [7, 11) is 3.37. The summed E-state index contributed by atoms with van der Waals surface area (Å²) >= 11 is 3.32. The molecule has 0 aliphatic heterocycles. The quantitative estimate of drug-likeness (QED) is 0.606. The van der Waals surface area contributed by atoms with Gasteiger partial charge in [-0.15, -0.1) is 0 Å². The number of hydrazine groups is 1. The van der Waals surface area contributed by atoms with Gasteiger partial charge in [-0.1, -0.05) is 6.07 Å². The normalized spacial score (nSPS) is 10.6. The molecule has 0 fully saturated rings. The smallest absolute Gasteiger partial charge is 0.286 e. The Bertz CT molecular complexity index is 1050. The molecule has 1 aromatic carbocycles. The van der Waals surface area contributed by atoms with Gasteiger partial charge in [0.1, 0.15) is 11.4 Å². The maximum Gasteiger partial charge on any atom is 0.286 e. The van der Waals surface area contributed by atoms with Crippen LogP contribution in [-0.2, 0) is 7.05 Å². The second-order valence-corrected chi connectivity index (χ2v) is 7.30. The number of aryl methyl sites for hydroxylation is 2. The first kappa shape index (κ1) is 19.8. The average Bonchev–Trinajstić information content (AvgIpc) is 3.17. The third-order valence-corrected chi connectivity index (χ3v) is 4.91. The van der Waals surface area contributed by atoms with Crippen LogP contribution < -0.4 is 15.6 Å². The molecule has 7 nitrogen and oxygen atoms in total. The number of rotatable bonds is 4. The first-order valence-corrected chi connectivity index (χ1v) is 9.37. The summed E-state index contributed by atoms with van der Waals surface area (Å²) in [5.41, 5.74) is 8.40. The highest BCUT2D eigenvalue weighted by atomic mass is 79.9. The standard InChI is InChI=1S/C20H21BrN4O3/c1-12-8-17(13(2)25(12)15-6-5-7-16(10-15)28-4)19(26)22-23-20(27)18-9-14(21)11-24(18)3/h5-11H,1-4H3,(H,22,26)(H,23,27). The van der Waals surface area contributed by atoms with E-state index in [0.717, 1.165) is 27.3 Å². The van der Waals surface area contributed by atoms with E-state index in [0.29, 0.717) is 11.3 Å². The van der Waals surface area contributed by atoms with Crippen LogP contribution >= 0.6 is 15.9 Å². The molecule has 0 radical (unpaired) electrons. The van der Waals surface area contributed by atoms with Crippen molar-refractivity contribution in [1.82, 2.24) is 20.0 Å². The molecule has 0 aliphatic carbocycles. The fraction of sp³-hybridized carbons (Fsp3) is 0.200. The predicted molar refractivity (Wildman–Crippen MR) is 110 cm³/mol. The van der Waals surface area contributed by atoms with Crippen molar-refractivity contribution in [1.29, 1.82) is 0 Å². The van der Waals surface area contributed by atoms with Gasteiger partial charge in [-0.2, -0.15) is 0 Å². The van der Waals surface area contributed by atoms with Crippen LogP contribution in [0.4, 0.5) is 0 Å². The Morgan fingerprint density at radius 2 is 1.79 bits per heavy atom. The average molecular weight is 445 g/mol. The molecule has 3 rings (SSSR count). The monoisotopic (exact) mass is 444 g/mol. The van der Waals surface area contributed by atoms with Crippen LogP contribution in [0.3, 0.4) is 0 Å². The molecule has 3 aromatic rings. The van der Waals surface area contributed by atoms with Gasteiger partial charge in [0.15, 0.2) is 0 Å². The Balaban J connectivity index is 1.79. The zero-order chi connectivity index (χ0) is 20.4. The van der Waals surface area contributed by atoms with Crippen LogP contribution in [0.15, 0.2) is 47.1 Å². The van der Waals surface area contributed by atoms with E-state index in [-0.39, 0.29) is 5.91 Å². The molecule has 0 saturated heterocycles. The van der Waals surface area contributed by atoms with Crippen molar-refractivity contribution >= 4 is 27.7 Å². The fourth-order valence-electron chi connectivity index (χ4n) is 3.13. The topological polar surface area (TPSA) is 77.3 Å². The van der Waals surface area contributed by atoms with Gasteiger partial charge in [0.25, 0.3) is 11.8 Å². The summed E-state index contributed by atoms with van der Waals surface area (Å²) < 4.78 is 9.70. The minimum atomic E-state index is -0.400. The third-order valence-electron chi connectivity index (χ3n) is 4.48. The van der Waals surface area contributed by atoms with Gasteiger partial charge in [0.05, 0.1) is 12.7 Å². The van der Waals surface area contributed by atoms with Crippen LogP contribution in [0.2, 0.25) is 0 Å². The Labute approximate surface area is 171 Å². The lowest BCUT2D eigenvalue weighted by Gasteiger charge is -2.12. The van der Waals surface area contributed by atoms with Crippen LogP contribution in [-0.4, -0.2) is 28.1 Å². The molecular weight excluding hydrogens is 424 g/mol. The molecule has 8 heteroatoms. The number of methoxy groups -OCH3 is 1. The molecule has 2 amide bonds. The lowest BCUT2D eigenvalue weighted by Crippen LogP contribution is -2.42. The van der Waals surface area contributed by atoms with Crippen LogP contribution in [0, 0.1) is 13.8 Å². The number of nitrogens with one attached hydrogen (secondary N) is 2. The maximum atomic E-state index is 12.6. The molecule has 2 heterocycles. The van der Waals surface area contributed by atoms with Gasteiger partial charge in [-0.05, 0) is 54.0 Å². The SMILES string of the molecule is COc1cccc(-n2c(C)cc(C(=O)NNC(=O)c3cc(Br)cn3C)c2C)c1. The number of carbonyl (C=O) groups excluding carboxylic acids is 2. The van der Waals surface area contributed by atoms with Gasteiger partial charge >= 0.3 is 0 Å². The van der Waals surface area contributed by atoms with Gasteiger partial charge in [0.2, 0.25) is 0 Å². The maximum absolute atomic E-state index is 12.6. The Morgan fingerprint density at radius 1 is 1.07 bits per heavy atom. The Morgan fingerprint density at radius 3 is 2.43 bits per heavy atom. The van der Waals surface area contributed by atoms with Crippen LogP contribution in [0.1, 0.15) is 32.2 Å². The Hall–Kier alpha value is -3.00. The molecule has 146 valence electrons. The van der Waals surface area contributed by atoms with Crippen molar-refractivity contribution < 1.29 is 14.3 Å². The zero-order valence-corrected chi connectivity index (χ0v) is 17.6. The number of hydrogen-bond acceptors (Lipinski definition) is 3. The minimum absolute atomic E-state index is 0.385. The van der Waals surface area contributed by atoms with Crippen LogP contribution in [0.25, 0.3) is 5.69 Å². The number of halogens is 1. The van der Waals surface area contributed by atoms with Crippen molar-refractivity contribution in [3.63, 3.8) is 0 Å². The number of aromatic nitrogens is 2. The van der Waals surface area contributed by atoms with Gasteiger partial charge in [-0.25, -0.2) is 0 Å². The summed E-state index contributed by atoms with van der Waals surface area (Å²) in [6.07, 6.45) is 1.76. The molecule has 0 spiro atoms. The van der Waals surface area contributed by atoms with Crippen molar-refractivity contribution in [3.05, 3.63) is 69.7 Å². The summed E-state index contributed by atoms with van der Waals surface area (Å²) in [6, 6.07) is 11.1. The summed E-state index contributed by atoms with van der Waals surface area (Å²) in [6.45, 7) is 3.78. The second-order valence-electron chi connectivity index (χ2n) is 6.38. The third kappa shape index (κ3) is 3.82. The van der Waals surface area contributed by atoms with E-state index in [1.54, 1.807) is 37.1 Å². The second kappa shape index (κ2) is 7.93. The number of amides is 2. The number of benzene rings is 1. The van der Waals surface area contributed by atoms with E-state index >= 15 is 0 Å². The van der Waals surface area contributed by atoms with E-state index in [4.69, 9.17) is 4.74 Å². The summed E-state index contributed by atoms with van der Waals surface area (Å²) in [4.78, 5) is 24.9. The molecule has 0 atom stereocenters. The molecule has 2 aromatic heterocycles. The highest BCUT2D eigenvalue weighted by Crippen LogP contribution is 2.23. The van der Waals surface area contributed by atoms with Crippen LogP contribution in [0.5, 0.6) is 5.75 Å². The molecule has 2 N–H and O–H groups in total. The summed E-state index contributed by atoms with van der Waals surface area (Å²) in [5, 5.41) is 0. The Kier molecular flexibility index (Phi) is 5.60. The lowest BCUT2D eigenvalue weighted by atomic mass is 10.2. The number of carbonyl (C=O) groups is 2. The highest BCUT2D eigenvalue weighted by molar-refractivity contribution is 9.10. The number of hydrogen-bond donors (Lipinski definition) is 2. The molecule has 0 bridgehead atoms. The number of nitrogens with zero attached hydrogens (tertiary/aromatic N) is 2. The highest BCUT2D eigenvalue weighted by Gasteiger charge is 2.18. The van der Waals surface area contributed by atoms with E-state index in [2.05, 4.69) is 26.8 Å². The van der Waals surface area contributed by atoms with Gasteiger partial charge in [0, 0.05) is 40.9 Å². The lowest BCUT2D eigenvalue weighted by molar-refractivity contribution is 0.0841. The predicted octanol–water partition coefficient (Wildman–Crippen LogP) is 3.28. The van der Waals surface area contributed by atoms with Crippen molar-refractivity contribution in [2.75, 3.05) is 7.11 Å². The molecular formula is C20H21BrN4O3.